The van der Waals surface area contributed by atoms with Crippen LogP contribution in [0.25, 0.3) is 0 Å². The predicted octanol–water partition coefficient (Wildman–Crippen LogP) is 2.82. The van der Waals surface area contributed by atoms with Crippen LogP contribution >= 0.6 is 0 Å². The molecule has 2 rings (SSSR count). The average molecular weight is 284 g/mol. The van der Waals surface area contributed by atoms with Crippen LogP contribution in [0.5, 0.6) is 0 Å². The van der Waals surface area contributed by atoms with Crippen molar-refractivity contribution in [3.8, 4) is 0 Å². The van der Waals surface area contributed by atoms with Crippen molar-refractivity contribution in [3.05, 3.63) is 0 Å². The average Bonchev–Trinajstić information content (AvgIpc) is 2.57. The van der Waals surface area contributed by atoms with Gasteiger partial charge in [-0.05, 0) is 32.1 Å². The van der Waals surface area contributed by atoms with Crippen molar-refractivity contribution >= 4 is 11.9 Å². The molecule has 2 fully saturated rings. The molecule has 2 bridgehead atoms. The van der Waals surface area contributed by atoms with Crippen LogP contribution in [0.1, 0.15) is 65.2 Å². The first-order valence-corrected chi connectivity index (χ1v) is 7.55. The van der Waals surface area contributed by atoms with Crippen molar-refractivity contribution in [3.63, 3.8) is 0 Å². The van der Waals surface area contributed by atoms with Crippen LogP contribution in [0.15, 0.2) is 0 Å². The molecule has 0 amide bonds. The second-order valence-electron chi connectivity index (χ2n) is 6.31. The van der Waals surface area contributed by atoms with E-state index in [4.69, 9.17) is 4.74 Å². The molecule has 114 valence electrons. The van der Waals surface area contributed by atoms with Gasteiger partial charge in [-0.15, -0.1) is 0 Å². The lowest BCUT2D eigenvalue weighted by Crippen LogP contribution is -2.50. The van der Waals surface area contributed by atoms with Crippen molar-refractivity contribution in [2.24, 2.45) is 5.41 Å². The summed E-state index contributed by atoms with van der Waals surface area (Å²) in [6, 6.07) is 0. The first-order chi connectivity index (χ1) is 9.38. The number of carboxylic acid groups (broad SMARTS) is 2. The molecule has 2 N–H and O–H groups in total. The topological polar surface area (TPSA) is 83.8 Å². The fraction of sp³-hybridized carbons (Fsp3) is 0.867. The summed E-state index contributed by atoms with van der Waals surface area (Å²) in [6.45, 7) is 3.98. The Morgan fingerprint density at radius 1 is 1.05 bits per heavy atom. The van der Waals surface area contributed by atoms with Crippen LogP contribution in [0.3, 0.4) is 0 Å². The molecule has 5 nitrogen and oxygen atoms in total. The molecule has 1 aliphatic heterocycles. The Labute approximate surface area is 119 Å². The Morgan fingerprint density at radius 3 is 2.10 bits per heavy atom. The molecule has 2 aliphatic rings. The summed E-state index contributed by atoms with van der Waals surface area (Å²) in [5, 5.41) is 19.4. The van der Waals surface area contributed by atoms with E-state index in [-0.39, 0.29) is 6.42 Å². The molecule has 1 aliphatic carbocycles. The molecule has 1 saturated carbocycles. The third-order valence-corrected chi connectivity index (χ3v) is 5.14. The molecule has 0 aromatic rings. The Balaban J connectivity index is 2.53. The quantitative estimate of drug-likeness (QED) is 0.783. The number of fused-ring (bicyclic) bond motifs is 2. The van der Waals surface area contributed by atoms with Crippen molar-refractivity contribution in [2.45, 2.75) is 76.4 Å². The number of hydrogen-bond acceptors (Lipinski definition) is 3. The summed E-state index contributed by atoms with van der Waals surface area (Å²) in [5.41, 5.74) is -3.14. The molecule has 0 radical (unpaired) electrons. The van der Waals surface area contributed by atoms with Crippen molar-refractivity contribution in [1.29, 1.82) is 0 Å². The highest BCUT2D eigenvalue weighted by Crippen LogP contribution is 2.62. The molecule has 0 spiro atoms. The Morgan fingerprint density at radius 2 is 1.65 bits per heavy atom. The van der Waals surface area contributed by atoms with E-state index < -0.39 is 28.6 Å². The van der Waals surface area contributed by atoms with Gasteiger partial charge in [0.25, 0.3) is 0 Å². The van der Waals surface area contributed by atoms with Gasteiger partial charge >= 0.3 is 11.9 Å². The first-order valence-electron chi connectivity index (χ1n) is 7.55. The molecule has 5 heteroatoms. The largest absolute Gasteiger partial charge is 0.481 e. The normalized spacial score (nSPS) is 34.9. The van der Waals surface area contributed by atoms with E-state index >= 15 is 0 Å². The first kappa shape index (κ1) is 15.3. The smallest absolute Gasteiger partial charge is 0.336 e. The monoisotopic (exact) mass is 284 g/mol. The van der Waals surface area contributed by atoms with Gasteiger partial charge in [-0.2, -0.15) is 0 Å². The van der Waals surface area contributed by atoms with E-state index in [0.29, 0.717) is 32.1 Å². The van der Waals surface area contributed by atoms with Crippen molar-refractivity contribution < 1.29 is 24.5 Å². The van der Waals surface area contributed by atoms with Crippen LogP contribution < -0.4 is 0 Å². The molecular weight excluding hydrogens is 260 g/mol. The highest BCUT2D eigenvalue weighted by atomic mass is 16.6. The lowest BCUT2D eigenvalue weighted by atomic mass is 9.60. The summed E-state index contributed by atoms with van der Waals surface area (Å²) < 4.78 is 6.09. The number of aliphatic carboxylic acids is 2. The van der Waals surface area contributed by atoms with Crippen LogP contribution in [-0.4, -0.2) is 33.4 Å². The fourth-order valence-corrected chi connectivity index (χ4v) is 4.40. The van der Waals surface area contributed by atoms with Gasteiger partial charge in [0.1, 0.15) is 5.41 Å². The molecule has 20 heavy (non-hydrogen) atoms. The van der Waals surface area contributed by atoms with Gasteiger partial charge < -0.3 is 14.9 Å². The zero-order chi connectivity index (χ0) is 15.0. The zero-order valence-corrected chi connectivity index (χ0v) is 12.3. The molecule has 2 unspecified atom stereocenters. The van der Waals surface area contributed by atoms with E-state index in [1.54, 1.807) is 0 Å². The molecule has 1 saturated heterocycles. The van der Waals surface area contributed by atoms with Gasteiger partial charge in [0.05, 0.1) is 5.60 Å². The van der Waals surface area contributed by atoms with Crippen LogP contribution in [-0.2, 0) is 14.3 Å². The van der Waals surface area contributed by atoms with Gasteiger partial charge in [0.15, 0.2) is 5.60 Å². The molecule has 2 atom stereocenters. The minimum Gasteiger partial charge on any atom is -0.481 e. The number of carboxylic acids is 2. The highest BCUT2D eigenvalue weighted by Gasteiger charge is 2.71. The summed E-state index contributed by atoms with van der Waals surface area (Å²) in [4.78, 5) is 23.7. The van der Waals surface area contributed by atoms with Gasteiger partial charge in [0, 0.05) is 6.42 Å². The van der Waals surface area contributed by atoms with Crippen molar-refractivity contribution in [2.75, 3.05) is 0 Å². The third-order valence-electron chi connectivity index (χ3n) is 5.14. The van der Waals surface area contributed by atoms with Gasteiger partial charge in [-0.1, -0.05) is 26.7 Å². The zero-order valence-electron chi connectivity index (χ0n) is 12.3. The highest BCUT2D eigenvalue weighted by molar-refractivity contribution is 5.84. The van der Waals surface area contributed by atoms with Crippen LogP contribution in [0, 0.1) is 5.41 Å². The maximum Gasteiger partial charge on any atom is 0.336 e. The van der Waals surface area contributed by atoms with E-state index in [9.17, 15) is 19.8 Å². The lowest BCUT2D eigenvalue weighted by molar-refractivity contribution is -0.183. The molecule has 0 aromatic heterocycles. The summed E-state index contributed by atoms with van der Waals surface area (Å²) in [6.07, 6.45) is 4.49. The van der Waals surface area contributed by atoms with E-state index in [1.165, 1.54) is 0 Å². The van der Waals surface area contributed by atoms with Crippen LogP contribution in [0.2, 0.25) is 0 Å². The number of carbonyl (C=O) groups is 2. The lowest BCUT2D eigenvalue weighted by Gasteiger charge is -2.41. The van der Waals surface area contributed by atoms with Gasteiger partial charge in [-0.25, -0.2) is 4.79 Å². The second kappa shape index (κ2) is 5.02. The third kappa shape index (κ3) is 1.86. The second-order valence-corrected chi connectivity index (χ2v) is 6.31. The maximum absolute atomic E-state index is 12.0. The number of ether oxygens (including phenoxy) is 1. The standard InChI is InChI=1S/C15H24O5/c1-3-6-15(7-4-2)13(11(16)17)8-5-9-14(10-13,20-15)12(18)19/h3-10H2,1-2H3,(H,16,17)(H,18,19). The number of rotatable bonds is 6. The molecular formula is C15H24O5. The Hall–Kier alpha value is -1.10. The molecule has 1 heterocycles. The summed E-state index contributed by atoms with van der Waals surface area (Å²) >= 11 is 0. The number of hydrogen-bond donors (Lipinski definition) is 2. The summed E-state index contributed by atoms with van der Waals surface area (Å²) in [5.74, 6) is -1.89. The van der Waals surface area contributed by atoms with Crippen LogP contribution in [0.4, 0.5) is 0 Å². The minimum atomic E-state index is -1.29. The molecule has 0 aromatic carbocycles. The maximum atomic E-state index is 12.0. The predicted molar refractivity (Wildman–Crippen MR) is 72.5 cm³/mol. The summed E-state index contributed by atoms with van der Waals surface area (Å²) in [7, 11) is 0. The van der Waals surface area contributed by atoms with Crippen molar-refractivity contribution in [1.82, 2.24) is 0 Å². The van der Waals surface area contributed by atoms with Gasteiger partial charge in [-0.3, -0.25) is 4.79 Å². The van der Waals surface area contributed by atoms with E-state index in [2.05, 4.69) is 0 Å². The fourth-order valence-electron chi connectivity index (χ4n) is 4.40. The van der Waals surface area contributed by atoms with E-state index in [1.807, 2.05) is 13.8 Å². The SMILES string of the molecule is CCCC1(CCC)OC2(C(=O)O)CCCC1(C(=O)O)C2. The van der Waals surface area contributed by atoms with Gasteiger partial charge in [0.2, 0.25) is 0 Å². The van der Waals surface area contributed by atoms with E-state index in [0.717, 1.165) is 12.8 Å². The minimum absolute atomic E-state index is 0.116. The Kier molecular flexibility index (Phi) is 3.84. The Bertz CT molecular complexity index is 412.